The first-order valence-corrected chi connectivity index (χ1v) is 8.61. The molecule has 21 heavy (non-hydrogen) atoms. The van der Waals surface area contributed by atoms with E-state index in [9.17, 15) is 18.5 Å². The molecule has 0 fully saturated rings. The van der Waals surface area contributed by atoms with Gasteiger partial charge in [0.05, 0.1) is 21.6 Å². The van der Waals surface area contributed by atoms with Gasteiger partial charge in [-0.05, 0) is 12.1 Å². The summed E-state index contributed by atoms with van der Waals surface area (Å²) in [6.07, 6.45) is 1.52. The van der Waals surface area contributed by atoms with Crippen LogP contribution in [0.4, 0.5) is 5.69 Å². The first-order valence-electron chi connectivity index (χ1n) is 5.97. The predicted molar refractivity (Wildman–Crippen MR) is 74.9 cm³/mol. The molecule has 1 atom stereocenters. The minimum Gasteiger partial charge on any atom is -0.304 e. The molecule has 2 aromatic rings. The highest BCUT2D eigenvalue weighted by atomic mass is 32.2. The number of nitro groups is 1. The number of aromatic nitrogens is 3. The molecular weight excluding hydrogens is 316 g/mol. The van der Waals surface area contributed by atoms with Crippen LogP contribution in [0.25, 0.3) is 0 Å². The van der Waals surface area contributed by atoms with Crippen molar-refractivity contribution < 1.29 is 13.3 Å². The average molecular weight is 326 g/mol. The lowest BCUT2D eigenvalue weighted by molar-refractivity contribution is -0.384. The molecule has 0 spiro atoms. The van der Waals surface area contributed by atoms with Crippen LogP contribution >= 0.6 is 11.8 Å². The average Bonchev–Trinajstić information content (AvgIpc) is 3.04. The smallest absolute Gasteiger partial charge is 0.269 e. The lowest BCUT2D eigenvalue weighted by Gasteiger charge is -2.11. The number of nitro benzene ring substituents is 1. The third-order valence-corrected chi connectivity index (χ3v) is 6.07. The highest BCUT2D eigenvalue weighted by Gasteiger charge is 2.29. The maximum Gasteiger partial charge on any atom is 0.269 e. The van der Waals surface area contributed by atoms with Crippen molar-refractivity contribution in [3.05, 3.63) is 40.7 Å². The maximum absolute atomic E-state index is 12.4. The summed E-state index contributed by atoms with van der Waals surface area (Å²) < 4.78 is 26.5. The van der Waals surface area contributed by atoms with Gasteiger partial charge in [0.25, 0.3) is 5.69 Å². The first-order chi connectivity index (χ1) is 9.97. The van der Waals surface area contributed by atoms with E-state index < -0.39 is 14.8 Å². The third-order valence-electron chi connectivity index (χ3n) is 3.16. The number of fused-ring (bicyclic) bond motifs is 1. The largest absolute Gasteiger partial charge is 0.304 e. The molecule has 0 N–H and O–H groups in total. The van der Waals surface area contributed by atoms with E-state index in [2.05, 4.69) is 10.2 Å². The van der Waals surface area contributed by atoms with E-state index in [-0.39, 0.29) is 22.4 Å². The fourth-order valence-electron chi connectivity index (χ4n) is 2.09. The van der Waals surface area contributed by atoms with Crippen molar-refractivity contribution in [1.82, 2.24) is 14.8 Å². The topological polar surface area (TPSA) is 108 Å². The molecule has 3 rings (SSSR count). The quantitative estimate of drug-likeness (QED) is 0.615. The van der Waals surface area contributed by atoms with Gasteiger partial charge in [0.2, 0.25) is 0 Å². The molecule has 8 nitrogen and oxygen atoms in total. The van der Waals surface area contributed by atoms with Crippen LogP contribution in [0.2, 0.25) is 0 Å². The van der Waals surface area contributed by atoms with Crippen molar-refractivity contribution >= 4 is 27.3 Å². The molecule has 1 aliphatic rings. The number of non-ortho nitro benzene ring substituents is 1. The number of thioether (sulfide) groups is 1. The molecule has 110 valence electrons. The fourth-order valence-corrected chi connectivity index (χ4v) is 4.84. The molecule has 0 saturated heterocycles. The molecule has 1 aromatic carbocycles. The third kappa shape index (κ3) is 2.63. The van der Waals surface area contributed by atoms with Crippen molar-refractivity contribution in [3.63, 3.8) is 0 Å². The fraction of sp³-hybridized carbons (Fsp3) is 0.273. The van der Waals surface area contributed by atoms with E-state index in [1.54, 1.807) is 4.57 Å². The molecule has 1 unspecified atom stereocenters. The zero-order chi connectivity index (χ0) is 15.0. The van der Waals surface area contributed by atoms with Gasteiger partial charge in [-0.3, -0.25) is 10.1 Å². The maximum atomic E-state index is 12.4. The van der Waals surface area contributed by atoms with Crippen LogP contribution < -0.4 is 0 Å². The molecule has 1 aromatic heterocycles. The Balaban J connectivity index is 1.83. The molecule has 0 amide bonds. The summed E-state index contributed by atoms with van der Waals surface area (Å²) in [5.74, 6) is 0.542. The van der Waals surface area contributed by atoms with Crippen LogP contribution in [0.15, 0.2) is 40.6 Å². The summed E-state index contributed by atoms with van der Waals surface area (Å²) in [7, 11) is -3.52. The number of rotatable bonds is 4. The SMILES string of the molecule is O=[N+]([O-])c1ccc(S(=O)(=O)CC2CSc3nncn32)cc1. The lowest BCUT2D eigenvalue weighted by atomic mass is 10.3. The van der Waals surface area contributed by atoms with Gasteiger partial charge in [-0.2, -0.15) is 0 Å². The lowest BCUT2D eigenvalue weighted by Crippen LogP contribution is -2.19. The van der Waals surface area contributed by atoms with Gasteiger partial charge in [-0.1, -0.05) is 11.8 Å². The minimum atomic E-state index is -3.52. The van der Waals surface area contributed by atoms with Gasteiger partial charge >= 0.3 is 0 Å². The number of nitrogens with zero attached hydrogens (tertiary/aromatic N) is 4. The van der Waals surface area contributed by atoms with E-state index in [0.29, 0.717) is 10.9 Å². The Labute approximate surface area is 124 Å². The van der Waals surface area contributed by atoms with Gasteiger partial charge in [-0.25, -0.2) is 8.42 Å². The van der Waals surface area contributed by atoms with E-state index in [1.807, 2.05) is 0 Å². The van der Waals surface area contributed by atoms with E-state index in [1.165, 1.54) is 42.4 Å². The molecule has 1 aliphatic heterocycles. The van der Waals surface area contributed by atoms with Crippen molar-refractivity contribution in [1.29, 1.82) is 0 Å². The minimum absolute atomic E-state index is 0.0805. The molecular formula is C11H10N4O4S2. The Kier molecular flexibility index (Phi) is 3.41. The van der Waals surface area contributed by atoms with Gasteiger partial charge in [0.1, 0.15) is 6.33 Å². The summed E-state index contributed by atoms with van der Waals surface area (Å²) in [4.78, 5) is 10.1. The second-order valence-corrected chi connectivity index (χ2v) is 7.54. The summed E-state index contributed by atoms with van der Waals surface area (Å²) in [5.41, 5.74) is -0.133. The Morgan fingerprint density at radius 1 is 1.38 bits per heavy atom. The van der Waals surface area contributed by atoms with Crippen LogP contribution in [-0.2, 0) is 9.84 Å². The van der Waals surface area contributed by atoms with Crippen LogP contribution in [0, 0.1) is 10.1 Å². The number of hydrogen-bond acceptors (Lipinski definition) is 7. The molecule has 0 saturated carbocycles. The van der Waals surface area contributed by atoms with Gasteiger partial charge in [-0.15, -0.1) is 10.2 Å². The van der Waals surface area contributed by atoms with E-state index >= 15 is 0 Å². The zero-order valence-electron chi connectivity index (χ0n) is 10.6. The molecule has 0 aliphatic carbocycles. The van der Waals surface area contributed by atoms with Gasteiger partial charge < -0.3 is 4.57 Å². The van der Waals surface area contributed by atoms with Crippen molar-refractivity contribution in [3.8, 4) is 0 Å². The molecule has 2 heterocycles. The van der Waals surface area contributed by atoms with Crippen LogP contribution in [0.1, 0.15) is 6.04 Å². The number of benzene rings is 1. The molecule has 0 radical (unpaired) electrons. The predicted octanol–water partition coefficient (Wildman–Crippen LogP) is 1.31. The van der Waals surface area contributed by atoms with Crippen molar-refractivity contribution in [2.75, 3.05) is 11.5 Å². The van der Waals surface area contributed by atoms with Crippen LogP contribution in [0.3, 0.4) is 0 Å². The summed E-state index contributed by atoms with van der Waals surface area (Å²) in [6.45, 7) is 0. The molecule has 0 bridgehead atoms. The highest BCUT2D eigenvalue weighted by molar-refractivity contribution is 7.99. The van der Waals surface area contributed by atoms with Crippen LogP contribution in [-0.4, -0.2) is 39.6 Å². The molecule has 10 heteroatoms. The normalized spacial score (nSPS) is 17.6. The Morgan fingerprint density at radius 3 is 2.76 bits per heavy atom. The number of hydrogen-bond donors (Lipinski definition) is 0. The van der Waals surface area contributed by atoms with Crippen LogP contribution in [0.5, 0.6) is 0 Å². The van der Waals surface area contributed by atoms with Gasteiger partial charge in [0.15, 0.2) is 15.0 Å². The van der Waals surface area contributed by atoms with Crippen molar-refractivity contribution in [2.45, 2.75) is 16.1 Å². The summed E-state index contributed by atoms with van der Waals surface area (Å²) in [6, 6.07) is 4.70. The summed E-state index contributed by atoms with van der Waals surface area (Å²) in [5, 5.41) is 18.9. The first kappa shape index (κ1) is 14.0. The second kappa shape index (κ2) is 5.11. The highest BCUT2D eigenvalue weighted by Crippen LogP contribution is 2.33. The Hall–Kier alpha value is -1.94. The monoisotopic (exact) mass is 326 g/mol. The van der Waals surface area contributed by atoms with E-state index in [4.69, 9.17) is 0 Å². The zero-order valence-corrected chi connectivity index (χ0v) is 12.2. The second-order valence-electron chi connectivity index (χ2n) is 4.52. The van der Waals surface area contributed by atoms with Crippen molar-refractivity contribution in [2.24, 2.45) is 0 Å². The Bertz CT molecular complexity index is 785. The van der Waals surface area contributed by atoms with E-state index in [0.717, 1.165) is 0 Å². The standard InChI is InChI=1S/C11H10N4O4S2/c16-15(17)8-1-3-10(4-2-8)21(18,19)6-9-5-20-11-13-12-7-14(9)11/h1-4,7,9H,5-6H2. The summed E-state index contributed by atoms with van der Waals surface area (Å²) >= 11 is 1.46. The number of sulfone groups is 1. The Morgan fingerprint density at radius 2 is 2.10 bits per heavy atom. The van der Waals surface area contributed by atoms with Gasteiger partial charge in [0, 0.05) is 17.9 Å².